The molecule has 1 heterocycles. The van der Waals surface area contributed by atoms with E-state index < -0.39 is 27.9 Å². The Morgan fingerprint density at radius 3 is 2.27 bits per heavy atom. The number of hydrogen-bond acceptors (Lipinski definition) is 3. The summed E-state index contributed by atoms with van der Waals surface area (Å²) in [6.45, 7) is 0. The van der Waals surface area contributed by atoms with Crippen molar-refractivity contribution in [3.63, 3.8) is 0 Å². The second-order valence-corrected chi connectivity index (χ2v) is 7.07. The normalized spacial score (nSPS) is 16.7. The van der Waals surface area contributed by atoms with Gasteiger partial charge in [-0.3, -0.25) is 9.59 Å². The Kier molecular flexibility index (Phi) is 5.05. The molecule has 2 aromatic carbocycles. The molecular formula is C17H8Cl2F3NO2S. The number of amides is 2. The molecule has 0 saturated carbocycles. The Morgan fingerprint density at radius 2 is 1.65 bits per heavy atom. The van der Waals surface area contributed by atoms with Crippen LogP contribution in [0.4, 0.5) is 23.7 Å². The highest BCUT2D eigenvalue weighted by atomic mass is 35.5. The zero-order valence-electron chi connectivity index (χ0n) is 12.7. The van der Waals surface area contributed by atoms with Crippen molar-refractivity contribution in [2.24, 2.45) is 0 Å². The summed E-state index contributed by atoms with van der Waals surface area (Å²) in [5.41, 5.74) is -0.673. The molecular weight excluding hydrogens is 410 g/mol. The lowest BCUT2D eigenvalue weighted by Gasteiger charge is -2.16. The summed E-state index contributed by atoms with van der Waals surface area (Å²) in [7, 11) is 0. The minimum atomic E-state index is -4.70. The summed E-state index contributed by atoms with van der Waals surface area (Å²) in [5, 5.41) is -0.688. The summed E-state index contributed by atoms with van der Waals surface area (Å²) in [5.74, 6) is -0.703. The van der Waals surface area contributed by atoms with E-state index in [0.29, 0.717) is 33.3 Å². The number of carbonyl (C=O) groups excluding carboxylic acids is 2. The van der Waals surface area contributed by atoms with Gasteiger partial charge >= 0.3 is 6.18 Å². The lowest BCUT2D eigenvalue weighted by atomic mass is 10.1. The van der Waals surface area contributed by atoms with Gasteiger partial charge in [-0.25, -0.2) is 4.90 Å². The summed E-state index contributed by atoms with van der Waals surface area (Å²) in [6.07, 6.45) is -3.23. The second-order valence-electron chi connectivity index (χ2n) is 5.23. The van der Waals surface area contributed by atoms with E-state index in [-0.39, 0.29) is 10.6 Å². The van der Waals surface area contributed by atoms with Gasteiger partial charge in [0.05, 0.1) is 21.2 Å². The van der Waals surface area contributed by atoms with Crippen LogP contribution in [-0.4, -0.2) is 11.1 Å². The molecule has 0 aromatic heterocycles. The van der Waals surface area contributed by atoms with Crippen LogP contribution in [0, 0.1) is 0 Å². The molecule has 3 rings (SSSR count). The molecule has 0 aliphatic carbocycles. The molecule has 0 radical (unpaired) electrons. The van der Waals surface area contributed by atoms with Crippen molar-refractivity contribution in [2.45, 2.75) is 6.18 Å². The Balaban J connectivity index is 1.96. The molecule has 26 heavy (non-hydrogen) atoms. The maximum atomic E-state index is 13.0. The minimum Gasteiger partial charge on any atom is -0.268 e. The van der Waals surface area contributed by atoms with Gasteiger partial charge in [-0.15, -0.1) is 0 Å². The summed E-state index contributed by atoms with van der Waals surface area (Å²) >= 11 is 12.0. The molecule has 0 unspecified atom stereocenters. The van der Waals surface area contributed by atoms with Gasteiger partial charge in [0.15, 0.2) is 0 Å². The Morgan fingerprint density at radius 1 is 1.00 bits per heavy atom. The molecule has 134 valence electrons. The van der Waals surface area contributed by atoms with Crippen molar-refractivity contribution in [2.75, 3.05) is 4.90 Å². The molecule has 1 aliphatic heterocycles. The quantitative estimate of drug-likeness (QED) is 0.541. The van der Waals surface area contributed by atoms with Gasteiger partial charge in [0.1, 0.15) is 0 Å². The van der Waals surface area contributed by atoms with Crippen LogP contribution in [0.3, 0.4) is 0 Å². The van der Waals surface area contributed by atoms with Gasteiger partial charge in [-0.1, -0.05) is 35.3 Å². The number of nitrogens with zero attached hydrogens (tertiary/aromatic N) is 1. The summed E-state index contributed by atoms with van der Waals surface area (Å²) < 4.78 is 39.0. The second kappa shape index (κ2) is 6.98. The summed E-state index contributed by atoms with van der Waals surface area (Å²) in [6, 6.07) is 9.43. The van der Waals surface area contributed by atoms with Crippen LogP contribution in [0.2, 0.25) is 10.0 Å². The smallest absolute Gasteiger partial charge is 0.268 e. The van der Waals surface area contributed by atoms with E-state index in [1.165, 1.54) is 12.1 Å². The topological polar surface area (TPSA) is 37.4 Å². The average molecular weight is 418 g/mol. The summed E-state index contributed by atoms with van der Waals surface area (Å²) in [4.78, 5) is 25.5. The van der Waals surface area contributed by atoms with Crippen molar-refractivity contribution in [3.8, 4) is 0 Å². The first-order chi connectivity index (χ1) is 12.2. The van der Waals surface area contributed by atoms with E-state index in [9.17, 15) is 22.8 Å². The van der Waals surface area contributed by atoms with Gasteiger partial charge in [-0.2, -0.15) is 13.2 Å². The van der Waals surface area contributed by atoms with Gasteiger partial charge in [0.25, 0.3) is 11.1 Å². The Hall–Kier alpha value is -1.96. The Bertz CT molecular complexity index is 927. The fourth-order valence-electron chi connectivity index (χ4n) is 2.27. The lowest BCUT2D eigenvalue weighted by molar-refractivity contribution is -0.137. The zero-order valence-corrected chi connectivity index (χ0v) is 15.0. The van der Waals surface area contributed by atoms with Gasteiger partial charge in [0, 0.05) is 5.02 Å². The van der Waals surface area contributed by atoms with Crippen LogP contribution in [0.15, 0.2) is 47.4 Å². The highest BCUT2D eigenvalue weighted by Gasteiger charge is 2.39. The van der Waals surface area contributed by atoms with Crippen molar-refractivity contribution in [3.05, 3.63) is 68.5 Å². The predicted molar refractivity (Wildman–Crippen MR) is 96.4 cm³/mol. The SMILES string of the molecule is O=C1S/C(=C\c2ccc(Cl)cc2)C(=O)N1c1ccc(Cl)c(C(F)(F)F)c1. The van der Waals surface area contributed by atoms with Crippen molar-refractivity contribution < 1.29 is 22.8 Å². The number of hydrogen-bond donors (Lipinski definition) is 0. The molecule has 0 bridgehead atoms. The maximum absolute atomic E-state index is 13.0. The van der Waals surface area contributed by atoms with Gasteiger partial charge in [0.2, 0.25) is 0 Å². The van der Waals surface area contributed by atoms with E-state index >= 15 is 0 Å². The number of thioether (sulfide) groups is 1. The fourth-order valence-corrected chi connectivity index (χ4v) is 3.46. The van der Waals surface area contributed by atoms with Crippen molar-refractivity contribution in [1.29, 1.82) is 0 Å². The third-order valence-electron chi connectivity index (χ3n) is 3.48. The van der Waals surface area contributed by atoms with Crippen molar-refractivity contribution in [1.82, 2.24) is 0 Å². The predicted octanol–water partition coefficient (Wildman–Crippen LogP) is 6.25. The fraction of sp³-hybridized carbons (Fsp3) is 0.0588. The number of anilines is 1. The number of alkyl halides is 3. The standard InChI is InChI=1S/C17H8Cl2F3NO2S/c18-10-3-1-9(2-4-10)7-14-15(24)23(16(25)26-14)11-5-6-13(19)12(8-11)17(20,21)22/h1-8H/b14-7-. The number of rotatable bonds is 2. The van der Waals surface area contributed by atoms with Gasteiger partial charge < -0.3 is 0 Å². The van der Waals surface area contributed by atoms with Crippen LogP contribution in [0.25, 0.3) is 6.08 Å². The Labute approximate surface area is 160 Å². The first-order valence-corrected chi connectivity index (χ1v) is 8.64. The minimum absolute atomic E-state index is 0.0980. The molecule has 1 saturated heterocycles. The van der Waals surface area contributed by atoms with Crippen molar-refractivity contribution >= 4 is 57.9 Å². The monoisotopic (exact) mass is 417 g/mol. The zero-order chi connectivity index (χ0) is 19.1. The molecule has 0 atom stereocenters. The molecule has 0 N–H and O–H groups in total. The van der Waals surface area contributed by atoms with E-state index in [4.69, 9.17) is 23.2 Å². The molecule has 1 aliphatic rings. The van der Waals surface area contributed by atoms with Crippen LogP contribution < -0.4 is 4.90 Å². The van der Waals surface area contributed by atoms with E-state index in [2.05, 4.69) is 0 Å². The highest BCUT2D eigenvalue weighted by molar-refractivity contribution is 8.19. The van der Waals surface area contributed by atoms with Gasteiger partial charge in [-0.05, 0) is 53.7 Å². The van der Waals surface area contributed by atoms with Crippen LogP contribution in [0.1, 0.15) is 11.1 Å². The first kappa shape index (κ1) is 18.8. The molecule has 3 nitrogen and oxygen atoms in total. The third kappa shape index (κ3) is 3.75. The first-order valence-electron chi connectivity index (χ1n) is 7.07. The number of carbonyl (C=O) groups is 2. The average Bonchev–Trinajstić information content (AvgIpc) is 2.83. The van der Waals surface area contributed by atoms with E-state index in [1.54, 1.807) is 24.3 Å². The van der Waals surface area contributed by atoms with Crippen LogP contribution in [0.5, 0.6) is 0 Å². The molecule has 2 aromatic rings. The van der Waals surface area contributed by atoms with E-state index in [1.807, 2.05) is 0 Å². The maximum Gasteiger partial charge on any atom is 0.417 e. The highest BCUT2D eigenvalue weighted by Crippen LogP contribution is 2.40. The number of benzene rings is 2. The number of halogens is 5. The molecule has 1 fully saturated rings. The third-order valence-corrected chi connectivity index (χ3v) is 4.93. The molecule has 9 heteroatoms. The van der Waals surface area contributed by atoms with Crippen LogP contribution in [-0.2, 0) is 11.0 Å². The van der Waals surface area contributed by atoms with Crippen LogP contribution >= 0.6 is 35.0 Å². The molecule has 2 amide bonds. The lowest BCUT2D eigenvalue weighted by Crippen LogP contribution is -2.28. The largest absolute Gasteiger partial charge is 0.417 e. The van der Waals surface area contributed by atoms with E-state index in [0.717, 1.165) is 6.07 Å². The number of imide groups is 1. The molecule has 0 spiro atoms.